The third-order valence-electron chi connectivity index (χ3n) is 12.3. The molecule has 57 heavy (non-hydrogen) atoms. The van der Waals surface area contributed by atoms with Crippen LogP contribution in [0.5, 0.6) is 11.5 Å². The van der Waals surface area contributed by atoms with Gasteiger partial charge in [0.05, 0.1) is 48.7 Å². The average molecular weight is 782 g/mol. The van der Waals surface area contributed by atoms with Gasteiger partial charge >= 0.3 is 0 Å². The molecule has 1 N–H and O–H groups in total. The second-order valence-corrected chi connectivity index (χ2v) is 19.9. The number of nitrogens with zero attached hydrogens (tertiary/aromatic N) is 3. The maximum absolute atomic E-state index is 16.9. The molecule has 0 bridgehead atoms. The molecule has 0 saturated carbocycles. The summed E-state index contributed by atoms with van der Waals surface area (Å²) in [4.78, 5) is 49.1. The highest BCUT2D eigenvalue weighted by atomic mass is 28.4. The Morgan fingerprint density at radius 1 is 0.860 bits per heavy atom. The molecule has 0 radical (unpaired) electrons. The van der Waals surface area contributed by atoms with Crippen LogP contribution in [-0.4, -0.2) is 54.9 Å². The van der Waals surface area contributed by atoms with Gasteiger partial charge in [-0.15, -0.1) is 0 Å². The lowest BCUT2D eigenvalue weighted by molar-refractivity contribution is -0.151. The number of amides is 3. The van der Waals surface area contributed by atoms with E-state index in [4.69, 9.17) is 9.47 Å². The number of benzene rings is 5. The van der Waals surface area contributed by atoms with Crippen LogP contribution >= 0.6 is 0 Å². The van der Waals surface area contributed by atoms with Crippen LogP contribution in [-0.2, 0) is 39.4 Å². The molecule has 1 spiro atoms. The number of carbonyl (C=O) groups is 3. The van der Waals surface area contributed by atoms with E-state index in [0.29, 0.717) is 52.7 Å². The van der Waals surface area contributed by atoms with Crippen molar-refractivity contribution in [3.8, 4) is 11.5 Å². The number of rotatable bonds is 7. The van der Waals surface area contributed by atoms with Gasteiger partial charge in [-0.25, -0.2) is 0 Å². The molecule has 1 fully saturated rings. The van der Waals surface area contributed by atoms with Crippen LogP contribution in [0, 0.1) is 5.92 Å². The first-order valence-corrected chi connectivity index (χ1v) is 22.5. The van der Waals surface area contributed by atoms with Gasteiger partial charge in [0.1, 0.15) is 5.75 Å². The summed E-state index contributed by atoms with van der Waals surface area (Å²) in [7, 11) is -3.64. The molecule has 5 aromatic carbocycles. The Kier molecular flexibility index (Phi) is 9.14. The highest BCUT2D eigenvalue weighted by molar-refractivity contribution is 6.72. The number of fused-ring (bicyclic) bond motifs is 5. The van der Waals surface area contributed by atoms with Gasteiger partial charge in [0.25, 0.3) is 11.8 Å². The smallest absolute Gasteiger partial charge is 0.266 e. The number of ether oxygens (including phenoxy) is 2. The van der Waals surface area contributed by atoms with Crippen molar-refractivity contribution in [1.82, 2.24) is 4.90 Å². The Labute approximate surface area is 332 Å². The molecule has 5 aromatic rings. The molecule has 4 aliphatic heterocycles. The number of aliphatic hydroxyl groups excluding tert-OH is 1. The zero-order valence-corrected chi connectivity index (χ0v) is 33.1. The monoisotopic (exact) mass is 781 g/mol. The van der Waals surface area contributed by atoms with Gasteiger partial charge in [-0.05, 0) is 78.7 Å². The molecule has 3 amide bonds. The Balaban J connectivity index is 1.16. The number of hydrogen-bond donors (Lipinski definition) is 1. The molecule has 290 valence electrons. The second-order valence-electron chi connectivity index (χ2n) is 16.1. The lowest BCUT2D eigenvalue weighted by Gasteiger charge is -2.37. The number of anilines is 3. The third kappa shape index (κ3) is 6.07. The minimum atomic E-state index is -3.64. The maximum Gasteiger partial charge on any atom is 0.266 e. The summed E-state index contributed by atoms with van der Waals surface area (Å²) in [5.74, 6) is -0.652. The largest absolute Gasteiger partial charge is 0.454 e. The number of carbonyl (C=O) groups excluding carboxylic acids is 3. The molecule has 0 aliphatic carbocycles. The van der Waals surface area contributed by atoms with Crippen molar-refractivity contribution in [2.75, 3.05) is 16.4 Å². The molecule has 0 unspecified atom stereocenters. The van der Waals surface area contributed by atoms with Crippen LogP contribution in [0.1, 0.15) is 46.0 Å². The van der Waals surface area contributed by atoms with Gasteiger partial charge in [0.2, 0.25) is 14.3 Å². The summed E-state index contributed by atoms with van der Waals surface area (Å²) >= 11 is 0. The first-order valence-electron chi connectivity index (χ1n) is 19.5. The van der Waals surface area contributed by atoms with Crippen LogP contribution in [0.2, 0.25) is 18.6 Å². The molecule has 9 nitrogen and oxygen atoms in total. The van der Waals surface area contributed by atoms with Gasteiger partial charge in [-0.3, -0.25) is 19.3 Å². The molecule has 5 atom stereocenters. The SMILES string of the molecule is C[C@@H]1[C@@H]([Si](C)(C)F)[C@H](CC(=O)N2Cc3ccccc3C[C@H]2CO)O[C@@]12C(=O)N(Cc1ccccc1)c1ccc(N3C(=O)c4ccccc4Oc4ccccc43)cc12. The minimum Gasteiger partial charge on any atom is -0.454 e. The van der Waals surface area contributed by atoms with Crippen LogP contribution in [0.3, 0.4) is 0 Å². The van der Waals surface area contributed by atoms with Crippen molar-refractivity contribution in [2.45, 2.75) is 69.2 Å². The van der Waals surface area contributed by atoms with Gasteiger partial charge in [0, 0.05) is 29.3 Å². The van der Waals surface area contributed by atoms with Crippen molar-refractivity contribution >= 4 is 43.2 Å². The van der Waals surface area contributed by atoms with Crippen molar-refractivity contribution in [3.63, 3.8) is 0 Å². The van der Waals surface area contributed by atoms with E-state index in [-0.39, 0.29) is 37.3 Å². The summed E-state index contributed by atoms with van der Waals surface area (Å²) in [5.41, 5.74) is 3.12. The fourth-order valence-electron chi connectivity index (χ4n) is 9.69. The molecular weight excluding hydrogens is 738 g/mol. The molecule has 11 heteroatoms. The Hall–Kier alpha value is -5.62. The van der Waals surface area contributed by atoms with Gasteiger partial charge < -0.3 is 28.5 Å². The van der Waals surface area contributed by atoms with Crippen LogP contribution < -0.4 is 14.5 Å². The first-order chi connectivity index (χ1) is 27.5. The van der Waals surface area contributed by atoms with Crippen molar-refractivity contribution in [2.24, 2.45) is 5.92 Å². The van der Waals surface area contributed by atoms with E-state index in [2.05, 4.69) is 0 Å². The summed E-state index contributed by atoms with van der Waals surface area (Å²) in [6.45, 7) is 5.45. The van der Waals surface area contributed by atoms with E-state index >= 15 is 8.90 Å². The number of halogens is 1. The van der Waals surface area contributed by atoms with Gasteiger partial charge in [-0.1, -0.05) is 85.8 Å². The second kappa shape index (κ2) is 14.1. The van der Waals surface area contributed by atoms with E-state index < -0.39 is 37.6 Å². The van der Waals surface area contributed by atoms with E-state index in [9.17, 15) is 14.7 Å². The Bertz CT molecular complexity index is 2400. The predicted octanol–water partition coefficient (Wildman–Crippen LogP) is 8.43. The molecule has 9 rings (SSSR count). The first kappa shape index (κ1) is 37.0. The number of hydrogen-bond acceptors (Lipinski definition) is 6. The highest BCUT2D eigenvalue weighted by Crippen LogP contribution is 2.61. The van der Waals surface area contributed by atoms with E-state index in [1.807, 2.05) is 110 Å². The summed E-state index contributed by atoms with van der Waals surface area (Å²) in [6, 6.07) is 37.0. The third-order valence-corrected chi connectivity index (χ3v) is 14.8. The highest BCUT2D eigenvalue weighted by Gasteiger charge is 2.67. The summed E-state index contributed by atoms with van der Waals surface area (Å²) in [5, 5.41) is 10.4. The van der Waals surface area contributed by atoms with Crippen molar-refractivity contribution in [1.29, 1.82) is 0 Å². The van der Waals surface area contributed by atoms with Crippen LogP contribution in [0.15, 0.2) is 121 Å². The molecule has 4 aliphatic rings. The van der Waals surface area contributed by atoms with Crippen molar-refractivity contribution < 1.29 is 33.1 Å². The molecule has 1 saturated heterocycles. The lowest BCUT2D eigenvalue weighted by Crippen LogP contribution is -2.48. The minimum absolute atomic E-state index is 0.150. The fourth-order valence-corrected chi connectivity index (χ4v) is 12.2. The Morgan fingerprint density at radius 2 is 1.54 bits per heavy atom. The van der Waals surface area contributed by atoms with Crippen molar-refractivity contribution in [3.05, 3.63) is 149 Å². The number of para-hydroxylation sites is 3. The summed E-state index contributed by atoms with van der Waals surface area (Å²) < 4.78 is 30.2. The fraction of sp³-hybridized carbons (Fsp3) is 0.283. The van der Waals surface area contributed by atoms with E-state index in [1.165, 1.54) is 0 Å². The van der Waals surface area contributed by atoms with E-state index in [0.717, 1.165) is 16.7 Å². The summed E-state index contributed by atoms with van der Waals surface area (Å²) in [6.07, 6.45) is -0.565. The normalized spacial score (nSPS) is 23.8. The molecule has 4 heterocycles. The van der Waals surface area contributed by atoms with Gasteiger partial charge in [0.15, 0.2) is 11.4 Å². The molecular formula is C46H44FN3O6Si. The quantitative estimate of drug-likeness (QED) is 0.132. The standard InChI is InChI=1S/C46H44FN3O6Si/c1-29-43(57(2,3)47)41(25-42(52)48-27-32-16-8-7-15-31(32)23-34(48)28-51)56-46(29)36-24-33(21-22-37(36)49(45(46)54)26-30-13-5-4-6-14-30)50-38-18-10-12-20-40(38)55-39-19-11-9-17-35(39)44(50)53/h4-22,24,29,34,41,43,51H,23,25-28H2,1-3H3/t29-,34+,41+,43-,46+/m1/s1. The predicted molar refractivity (Wildman–Crippen MR) is 218 cm³/mol. The van der Waals surface area contributed by atoms with Gasteiger partial charge in [-0.2, -0.15) is 0 Å². The zero-order chi connectivity index (χ0) is 39.6. The molecule has 0 aromatic heterocycles. The average Bonchev–Trinajstić information content (AvgIpc) is 3.58. The zero-order valence-electron chi connectivity index (χ0n) is 32.1. The maximum atomic E-state index is 16.9. The van der Waals surface area contributed by atoms with Crippen LogP contribution in [0.25, 0.3) is 0 Å². The lowest BCUT2D eigenvalue weighted by atomic mass is 9.82. The topological polar surface area (TPSA) is 99.6 Å². The Morgan fingerprint density at radius 3 is 2.30 bits per heavy atom. The van der Waals surface area contributed by atoms with E-state index in [1.54, 1.807) is 46.0 Å². The number of aliphatic hydroxyl groups is 1. The van der Waals surface area contributed by atoms with Crippen LogP contribution in [0.4, 0.5) is 21.2 Å².